The number of benzene rings is 1. The first-order valence-electron chi connectivity index (χ1n) is 14.6. The van der Waals surface area contributed by atoms with Crippen molar-refractivity contribution in [3.8, 4) is 0 Å². The molecule has 0 saturated carbocycles. The molecule has 0 radical (unpaired) electrons. The van der Waals surface area contributed by atoms with Gasteiger partial charge in [-0.3, -0.25) is 14.4 Å². The molecule has 226 valence electrons. The summed E-state index contributed by atoms with van der Waals surface area (Å²) in [4.78, 5) is 45.5. The predicted molar refractivity (Wildman–Crippen MR) is 160 cm³/mol. The van der Waals surface area contributed by atoms with Gasteiger partial charge in [-0.15, -0.1) is 0 Å². The van der Waals surface area contributed by atoms with Gasteiger partial charge < -0.3 is 14.6 Å². The average Bonchev–Trinajstić information content (AvgIpc) is 3.66. The molecule has 5 rings (SSSR count). The van der Waals surface area contributed by atoms with E-state index in [9.17, 15) is 18.8 Å². The zero-order valence-corrected chi connectivity index (χ0v) is 25.2. The Morgan fingerprint density at radius 2 is 2.00 bits per heavy atom. The Balaban J connectivity index is 1.34. The second-order valence-electron chi connectivity index (χ2n) is 12.5. The van der Waals surface area contributed by atoms with Crippen LogP contribution >= 0.6 is 0 Å². The van der Waals surface area contributed by atoms with E-state index in [-0.39, 0.29) is 41.8 Å². The van der Waals surface area contributed by atoms with Crippen LogP contribution in [0.3, 0.4) is 0 Å². The molecular weight excluding hydrogens is 549 g/mol. The van der Waals surface area contributed by atoms with Crippen LogP contribution in [-0.2, 0) is 16.6 Å². The van der Waals surface area contributed by atoms with Gasteiger partial charge in [0.2, 0.25) is 11.8 Å². The zero-order valence-electron chi connectivity index (χ0n) is 25.2. The van der Waals surface area contributed by atoms with Crippen LogP contribution in [0.5, 0.6) is 0 Å². The quantitative estimate of drug-likeness (QED) is 0.389. The summed E-state index contributed by atoms with van der Waals surface area (Å²) in [6.07, 6.45) is 10.4. The summed E-state index contributed by atoms with van der Waals surface area (Å²) in [7, 11) is 0. The lowest BCUT2D eigenvalue weighted by molar-refractivity contribution is -0.136. The van der Waals surface area contributed by atoms with Gasteiger partial charge in [0.1, 0.15) is 12.1 Å². The molecule has 43 heavy (non-hydrogen) atoms. The molecule has 1 aromatic carbocycles. The first-order valence-corrected chi connectivity index (χ1v) is 14.6. The number of aryl methyl sites for hydroxylation is 2. The molecule has 2 N–H and O–H groups in total. The number of oxazole rings is 1. The minimum absolute atomic E-state index is 0.210. The van der Waals surface area contributed by atoms with E-state index in [4.69, 9.17) is 4.42 Å². The number of amides is 2. The topological polar surface area (TPSA) is 121 Å². The normalized spacial score (nSPS) is 22.0. The summed E-state index contributed by atoms with van der Waals surface area (Å²) in [5.41, 5.74) is 2.05. The number of aromatic amines is 1. The zero-order chi connectivity index (χ0) is 30.9. The number of likely N-dealkylation sites (tertiary alicyclic amines) is 1. The molecule has 3 aromatic rings. The number of allylic oxidation sites excluding steroid dienone is 3. The van der Waals surface area contributed by atoms with Gasteiger partial charge >= 0.3 is 0 Å². The summed E-state index contributed by atoms with van der Waals surface area (Å²) < 4.78 is 20.1. The highest BCUT2D eigenvalue weighted by Crippen LogP contribution is 2.47. The van der Waals surface area contributed by atoms with E-state index in [1.807, 2.05) is 51.7 Å². The van der Waals surface area contributed by atoms with E-state index in [1.165, 1.54) is 12.3 Å². The van der Waals surface area contributed by atoms with Gasteiger partial charge in [0.05, 0.1) is 23.9 Å². The van der Waals surface area contributed by atoms with Crippen molar-refractivity contribution in [3.63, 3.8) is 0 Å². The number of hydrogen-bond acceptors (Lipinski definition) is 6. The van der Waals surface area contributed by atoms with E-state index in [1.54, 1.807) is 30.5 Å². The van der Waals surface area contributed by atoms with E-state index in [2.05, 4.69) is 20.5 Å². The molecule has 2 aliphatic rings. The molecule has 3 atom stereocenters. The van der Waals surface area contributed by atoms with Crippen molar-refractivity contribution in [2.45, 2.75) is 77.8 Å². The monoisotopic (exact) mass is 587 g/mol. The number of aromatic nitrogens is 3. The lowest BCUT2D eigenvalue weighted by Gasteiger charge is -2.44. The van der Waals surface area contributed by atoms with Crippen molar-refractivity contribution in [1.82, 2.24) is 25.4 Å². The molecule has 3 heterocycles. The second-order valence-corrected chi connectivity index (χ2v) is 12.5. The molecule has 1 aliphatic heterocycles. The summed E-state index contributed by atoms with van der Waals surface area (Å²) in [6.45, 7) is 9.45. The summed E-state index contributed by atoms with van der Waals surface area (Å²) in [5.74, 6) is -0.412. The van der Waals surface area contributed by atoms with Crippen LogP contribution in [0.1, 0.15) is 78.7 Å². The van der Waals surface area contributed by atoms with E-state index >= 15 is 0 Å². The number of H-pyrrole nitrogens is 1. The Morgan fingerprint density at radius 1 is 1.21 bits per heavy atom. The fourth-order valence-corrected chi connectivity index (χ4v) is 6.56. The molecule has 9 nitrogen and oxygen atoms in total. The van der Waals surface area contributed by atoms with Crippen LogP contribution in [-0.4, -0.2) is 50.5 Å². The number of nitrogens with zero attached hydrogens (tertiary/aromatic N) is 3. The largest absolute Gasteiger partial charge is 0.448 e. The van der Waals surface area contributed by atoms with Crippen molar-refractivity contribution in [3.05, 3.63) is 105 Å². The molecule has 0 spiro atoms. The molecule has 2 aromatic heterocycles. The Bertz CT molecular complexity index is 1640. The Labute approximate surface area is 250 Å². The second kappa shape index (κ2) is 11.7. The third-order valence-corrected chi connectivity index (χ3v) is 8.95. The van der Waals surface area contributed by atoms with Gasteiger partial charge in [0, 0.05) is 35.0 Å². The van der Waals surface area contributed by atoms with Crippen LogP contribution in [0.4, 0.5) is 4.39 Å². The average molecular weight is 588 g/mol. The number of halogens is 1. The van der Waals surface area contributed by atoms with Gasteiger partial charge in [0.15, 0.2) is 0 Å². The third kappa shape index (κ3) is 6.09. The molecule has 0 bridgehead atoms. The summed E-state index contributed by atoms with van der Waals surface area (Å²) in [6, 6.07) is 6.49. The highest BCUT2D eigenvalue weighted by Gasteiger charge is 2.52. The van der Waals surface area contributed by atoms with Crippen LogP contribution in [0, 0.1) is 19.3 Å². The lowest BCUT2D eigenvalue weighted by atomic mass is 9.75. The van der Waals surface area contributed by atoms with Gasteiger partial charge in [-0.05, 0) is 88.4 Å². The van der Waals surface area contributed by atoms with Gasteiger partial charge in [-0.25, -0.2) is 14.5 Å². The molecule has 1 unspecified atom stereocenters. The Kier molecular flexibility index (Phi) is 8.23. The van der Waals surface area contributed by atoms with Gasteiger partial charge in [-0.1, -0.05) is 19.1 Å². The first-order chi connectivity index (χ1) is 20.4. The van der Waals surface area contributed by atoms with E-state index in [0.29, 0.717) is 48.4 Å². The van der Waals surface area contributed by atoms with Crippen LogP contribution < -0.4 is 10.9 Å². The SMILES string of the molecule is Cc1cc(Cc2ccc(C(=O)NCC(=O)N3[C@H](C4(C)C=C(F)C=CC4)CC[C@@H]3C(C)(C)c3ncco3)cc2C)c(=O)[nH]n1. The standard InChI is InChI=1S/C33H38FN5O4/c1-20-15-23(9-8-22(20)17-24-16-21(2)37-38-30(24)42)29(41)36-19-28(40)39-26(32(3,4)31-35-13-14-43-31)10-11-27(39)33(5)12-6-7-25(34)18-33/h6-9,13-16,18,26-27H,10-12,17,19H2,1-5H3,(H,36,41)(H,38,42)/t26-,27+,33?/m1/s1. The van der Waals surface area contributed by atoms with Gasteiger partial charge in [-0.2, -0.15) is 5.10 Å². The van der Waals surface area contributed by atoms with Crippen molar-refractivity contribution >= 4 is 11.8 Å². The number of nitrogens with one attached hydrogen (secondary N) is 2. The molecule has 2 amide bonds. The Hall–Kier alpha value is -4.34. The summed E-state index contributed by atoms with van der Waals surface area (Å²) >= 11 is 0. The van der Waals surface area contributed by atoms with Crippen molar-refractivity contribution in [1.29, 1.82) is 0 Å². The number of carbonyl (C=O) groups is 2. The van der Waals surface area contributed by atoms with Gasteiger partial charge in [0.25, 0.3) is 11.5 Å². The number of carbonyl (C=O) groups excluding carboxylic acids is 2. The van der Waals surface area contributed by atoms with E-state index in [0.717, 1.165) is 11.1 Å². The first kappa shape index (κ1) is 30.1. The molecule has 10 heteroatoms. The number of rotatable bonds is 8. The van der Waals surface area contributed by atoms with Crippen LogP contribution in [0.25, 0.3) is 0 Å². The Morgan fingerprint density at radius 3 is 2.70 bits per heavy atom. The molecule has 1 fully saturated rings. The lowest BCUT2D eigenvalue weighted by Crippen LogP contribution is -2.56. The molecule has 1 aliphatic carbocycles. The van der Waals surface area contributed by atoms with Crippen LogP contribution in [0.15, 0.2) is 70.0 Å². The maximum absolute atomic E-state index is 14.4. The molecule has 1 saturated heterocycles. The van der Waals surface area contributed by atoms with Crippen molar-refractivity contribution < 1.29 is 18.4 Å². The van der Waals surface area contributed by atoms with Crippen molar-refractivity contribution in [2.24, 2.45) is 5.41 Å². The summed E-state index contributed by atoms with van der Waals surface area (Å²) in [5, 5.41) is 9.22. The molecular formula is C33H38FN5O4. The highest BCUT2D eigenvalue weighted by atomic mass is 19.1. The maximum Gasteiger partial charge on any atom is 0.267 e. The van der Waals surface area contributed by atoms with Crippen molar-refractivity contribution in [2.75, 3.05) is 6.54 Å². The fraction of sp³-hybridized carbons (Fsp3) is 0.424. The maximum atomic E-state index is 14.4. The number of hydrogen-bond donors (Lipinski definition) is 2. The fourth-order valence-electron chi connectivity index (χ4n) is 6.56. The third-order valence-electron chi connectivity index (χ3n) is 8.95. The highest BCUT2D eigenvalue weighted by molar-refractivity contribution is 5.96. The van der Waals surface area contributed by atoms with Crippen LogP contribution in [0.2, 0.25) is 0 Å². The smallest absolute Gasteiger partial charge is 0.267 e. The minimum atomic E-state index is -0.608. The minimum Gasteiger partial charge on any atom is -0.448 e. The predicted octanol–water partition coefficient (Wildman–Crippen LogP) is 4.85. The van der Waals surface area contributed by atoms with E-state index < -0.39 is 10.8 Å².